The van der Waals surface area contributed by atoms with E-state index in [2.05, 4.69) is 31.2 Å². The summed E-state index contributed by atoms with van der Waals surface area (Å²) in [5, 5.41) is 0. The third-order valence-electron chi connectivity index (χ3n) is 3.48. The molecule has 110 valence electrons. The highest BCUT2D eigenvalue weighted by Crippen LogP contribution is 2.34. The van der Waals surface area contributed by atoms with Crippen LogP contribution in [0.15, 0.2) is 59.5 Å². The SMILES string of the molecule is C[C@H]1COC(Sc2cccc(OCc3ccccc3)c2)C1. The summed E-state index contributed by atoms with van der Waals surface area (Å²) in [4.78, 5) is 1.21. The molecule has 1 aliphatic rings. The highest BCUT2D eigenvalue weighted by Gasteiger charge is 2.22. The molecule has 2 aromatic carbocycles. The Morgan fingerprint density at radius 3 is 2.76 bits per heavy atom. The molecule has 0 aliphatic carbocycles. The van der Waals surface area contributed by atoms with E-state index in [1.807, 2.05) is 30.3 Å². The largest absolute Gasteiger partial charge is 0.489 e. The second-order valence-corrected chi connectivity index (χ2v) is 6.70. The first-order valence-corrected chi connectivity index (χ1v) is 8.22. The highest BCUT2D eigenvalue weighted by atomic mass is 32.2. The Labute approximate surface area is 130 Å². The topological polar surface area (TPSA) is 18.5 Å². The molecule has 2 atom stereocenters. The fourth-order valence-electron chi connectivity index (χ4n) is 2.35. The van der Waals surface area contributed by atoms with E-state index in [4.69, 9.17) is 9.47 Å². The molecular weight excluding hydrogens is 280 g/mol. The lowest BCUT2D eigenvalue weighted by atomic mass is 10.2. The summed E-state index contributed by atoms with van der Waals surface area (Å²) >= 11 is 1.79. The van der Waals surface area contributed by atoms with Crippen LogP contribution in [0.2, 0.25) is 0 Å². The van der Waals surface area contributed by atoms with E-state index in [1.165, 1.54) is 10.5 Å². The summed E-state index contributed by atoms with van der Waals surface area (Å²) in [5.41, 5.74) is 1.47. The quantitative estimate of drug-likeness (QED) is 0.794. The van der Waals surface area contributed by atoms with E-state index in [1.54, 1.807) is 11.8 Å². The van der Waals surface area contributed by atoms with Gasteiger partial charge >= 0.3 is 0 Å². The van der Waals surface area contributed by atoms with Crippen molar-refractivity contribution in [1.82, 2.24) is 0 Å². The molecule has 1 aliphatic heterocycles. The summed E-state index contributed by atoms with van der Waals surface area (Å²) in [6, 6.07) is 18.5. The minimum absolute atomic E-state index is 0.282. The van der Waals surface area contributed by atoms with Gasteiger partial charge in [-0.1, -0.05) is 55.1 Å². The molecule has 3 rings (SSSR count). The van der Waals surface area contributed by atoms with Crippen molar-refractivity contribution in [3.8, 4) is 5.75 Å². The zero-order valence-corrected chi connectivity index (χ0v) is 13.0. The Balaban J connectivity index is 1.58. The first-order chi connectivity index (χ1) is 10.3. The van der Waals surface area contributed by atoms with Gasteiger partial charge in [-0.3, -0.25) is 0 Å². The van der Waals surface area contributed by atoms with Gasteiger partial charge in [0.1, 0.15) is 17.8 Å². The molecule has 21 heavy (non-hydrogen) atoms. The van der Waals surface area contributed by atoms with Crippen LogP contribution < -0.4 is 4.74 Å². The maximum Gasteiger partial charge on any atom is 0.120 e. The molecule has 1 unspecified atom stereocenters. The van der Waals surface area contributed by atoms with E-state index in [9.17, 15) is 0 Å². The Bertz CT molecular complexity index is 570. The van der Waals surface area contributed by atoms with Crippen LogP contribution in [0.5, 0.6) is 5.75 Å². The average molecular weight is 300 g/mol. The number of rotatable bonds is 5. The molecule has 1 heterocycles. The third-order valence-corrected chi connectivity index (χ3v) is 4.60. The lowest BCUT2D eigenvalue weighted by Crippen LogP contribution is -1.98. The van der Waals surface area contributed by atoms with E-state index >= 15 is 0 Å². The molecule has 3 heteroatoms. The molecule has 0 amide bonds. The van der Waals surface area contributed by atoms with Crippen molar-refractivity contribution in [2.75, 3.05) is 6.61 Å². The summed E-state index contributed by atoms with van der Waals surface area (Å²) in [5.74, 6) is 1.58. The summed E-state index contributed by atoms with van der Waals surface area (Å²) in [6.07, 6.45) is 1.12. The number of benzene rings is 2. The fraction of sp³-hybridized carbons (Fsp3) is 0.333. The second-order valence-electron chi connectivity index (χ2n) is 5.47. The molecular formula is C18H20O2S. The van der Waals surface area contributed by atoms with Crippen molar-refractivity contribution in [1.29, 1.82) is 0 Å². The minimum Gasteiger partial charge on any atom is -0.489 e. The Morgan fingerprint density at radius 2 is 2.00 bits per heavy atom. The zero-order chi connectivity index (χ0) is 14.5. The minimum atomic E-state index is 0.282. The smallest absolute Gasteiger partial charge is 0.120 e. The Morgan fingerprint density at radius 1 is 1.14 bits per heavy atom. The van der Waals surface area contributed by atoms with Crippen molar-refractivity contribution in [2.24, 2.45) is 5.92 Å². The van der Waals surface area contributed by atoms with Crippen molar-refractivity contribution >= 4 is 11.8 Å². The van der Waals surface area contributed by atoms with Crippen LogP contribution >= 0.6 is 11.8 Å². The highest BCUT2D eigenvalue weighted by molar-refractivity contribution is 7.99. The van der Waals surface area contributed by atoms with E-state index in [0.29, 0.717) is 12.5 Å². The predicted molar refractivity (Wildman–Crippen MR) is 86.6 cm³/mol. The predicted octanol–water partition coefficient (Wildman–Crippen LogP) is 4.74. The van der Waals surface area contributed by atoms with Gasteiger partial charge in [-0.2, -0.15) is 0 Å². The van der Waals surface area contributed by atoms with Crippen LogP contribution in [0, 0.1) is 5.92 Å². The molecule has 0 radical (unpaired) electrons. The standard InChI is InChI=1S/C18H20O2S/c1-14-10-18(20-12-14)21-17-9-5-8-16(11-17)19-13-15-6-3-2-4-7-15/h2-9,11,14,18H,10,12-13H2,1H3/t14-,18?/m1/s1. The van der Waals surface area contributed by atoms with Gasteiger partial charge in [0.25, 0.3) is 0 Å². The molecule has 0 N–H and O–H groups in total. The van der Waals surface area contributed by atoms with Crippen LogP contribution in [-0.4, -0.2) is 12.0 Å². The third kappa shape index (κ3) is 4.26. The van der Waals surface area contributed by atoms with Gasteiger partial charge in [0.15, 0.2) is 0 Å². The molecule has 2 aromatic rings. The van der Waals surface area contributed by atoms with Gasteiger partial charge in [-0.05, 0) is 36.1 Å². The second kappa shape index (κ2) is 7.01. The molecule has 1 fully saturated rings. The fourth-order valence-corrected chi connectivity index (χ4v) is 3.56. The van der Waals surface area contributed by atoms with Crippen molar-refractivity contribution in [3.63, 3.8) is 0 Å². The van der Waals surface area contributed by atoms with Crippen LogP contribution in [-0.2, 0) is 11.3 Å². The van der Waals surface area contributed by atoms with Gasteiger partial charge in [0, 0.05) is 4.90 Å². The van der Waals surface area contributed by atoms with Gasteiger partial charge in [-0.15, -0.1) is 0 Å². The van der Waals surface area contributed by atoms with Crippen molar-refractivity contribution in [3.05, 3.63) is 60.2 Å². The van der Waals surface area contributed by atoms with Crippen molar-refractivity contribution in [2.45, 2.75) is 30.3 Å². The Kier molecular flexibility index (Phi) is 4.84. The molecule has 1 saturated heterocycles. The lowest BCUT2D eigenvalue weighted by Gasteiger charge is -2.11. The normalized spacial score (nSPS) is 21.4. The number of hydrogen-bond acceptors (Lipinski definition) is 3. The van der Waals surface area contributed by atoms with Crippen molar-refractivity contribution < 1.29 is 9.47 Å². The van der Waals surface area contributed by atoms with Gasteiger partial charge < -0.3 is 9.47 Å². The molecule has 0 bridgehead atoms. The molecule has 0 spiro atoms. The first-order valence-electron chi connectivity index (χ1n) is 7.34. The maximum atomic E-state index is 5.86. The molecule has 0 saturated carbocycles. The first kappa shape index (κ1) is 14.5. The maximum absolute atomic E-state index is 5.86. The average Bonchev–Trinajstić information content (AvgIpc) is 2.92. The van der Waals surface area contributed by atoms with Crippen LogP contribution in [0.3, 0.4) is 0 Å². The van der Waals surface area contributed by atoms with Gasteiger partial charge in [0.05, 0.1) is 6.61 Å². The number of ether oxygens (including phenoxy) is 2. The Hall–Kier alpha value is -1.45. The van der Waals surface area contributed by atoms with Crippen LogP contribution in [0.1, 0.15) is 18.9 Å². The van der Waals surface area contributed by atoms with Crippen LogP contribution in [0.25, 0.3) is 0 Å². The zero-order valence-electron chi connectivity index (χ0n) is 12.2. The lowest BCUT2D eigenvalue weighted by molar-refractivity contribution is 0.166. The van der Waals surface area contributed by atoms with E-state index in [-0.39, 0.29) is 5.44 Å². The van der Waals surface area contributed by atoms with E-state index in [0.717, 1.165) is 18.8 Å². The molecule has 0 aromatic heterocycles. The number of hydrogen-bond donors (Lipinski definition) is 0. The van der Waals surface area contributed by atoms with E-state index < -0.39 is 0 Å². The van der Waals surface area contributed by atoms with Crippen LogP contribution in [0.4, 0.5) is 0 Å². The summed E-state index contributed by atoms with van der Waals surface area (Å²) in [6.45, 7) is 3.72. The van der Waals surface area contributed by atoms with Gasteiger partial charge in [0.2, 0.25) is 0 Å². The molecule has 2 nitrogen and oxygen atoms in total. The number of thioether (sulfide) groups is 1. The summed E-state index contributed by atoms with van der Waals surface area (Å²) in [7, 11) is 0. The summed E-state index contributed by atoms with van der Waals surface area (Å²) < 4.78 is 11.6. The monoisotopic (exact) mass is 300 g/mol. The van der Waals surface area contributed by atoms with Gasteiger partial charge in [-0.25, -0.2) is 0 Å².